The molecule has 3 rings (SSSR count). The summed E-state index contributed by atoms with van der Waals surface area (Å²) in [5.41, 5.74) is 0. The molecule has 0 aromatic rings. The fourth-order valence-electron chi connectivity index (χ4n) is 3.54. The van der Waals surface area contributed by atoms with Crippen LogP contribution in [-0.2, 0) is 23.8 Å². The van der Waals surface area contributed by atoms with Gasteiger partial charge in [-0.05, 0) is 6.42 Å². The molecule has 0 aliphatic carbocycles. The predicted octanol–water partition coefficient (Wildman–Crippen LogP) is -4.83. The third-order valence-corrected chi connectivity index (χ3v) is 5.32. The van der Waals surface area contributed by atoms with Gasteiger partial charge in [0.15, 0.2) is 6.29 Å². The Labute approximate surface area is 165 Å². The fraction of sp³-hybridized carbons (Fsp3) is 0.938. The zero-order valence-corrected chi connectivity index (χ0v) is 15.5. The van der Waals surface area contributed by atoms with Crippen molar-refractivity contribution in [3.05, 3.63) is 0 Å². The van der Waals surface area contributed by atoms with Gasteiger partial charge in [0.05, 0.1) is 6.61 Å². The summed E-state index contributed by atoms with van der Waals surface area (Å²) in [6.45, 7) is -1.65. The predicted molar refractivity (Wildman–Crippen MR) is 88.5 cm³/mol. The molecule has 9 atom stereocenters. The number of hydrogen-bond acceptors (Lipinski definition) is 12. The van der Waals surface area contributed by atoms with Crippen LogP contribution in [0.15, 0.2) is 0 Å². The normalized spacial score (nSPS) is 45.9. The SMILES string of the molecule is O=C1CCCN1OC[C@H]1O[C@H](O[C@]2(CO)O[C@H](CO)[C@@H](O)[C@@H]2O)[C@H](O)[C@@H](O)[C@@H]1O. The summed E-state index contributed by atoms with van der Waals surface area (Å²) in [5, 5.41) is 70.6. The molecule has 7 N–H and O–H groups in total. The standard InChI is InChI=1S/C16H27NO12/c18-4-7-11(22)14(25)16(6-19,28-7)29-15-13(24)12(23)10(21)8(27-15)5-26-17-3-1-2-9(17)20/h7-8,10-15,18-19,21-25H,1-6H2/t7-,8-,10-,11-,12+,13-,14+,15-,16+/m1/s1. The molecule has 13 heteroatoms. The van der Waals surface area contributed by atoms with Crippen molar-refractivity contribution >= 4 is 5.91 Å². The number of hydroxylamine groups is 2. The average Bonchev–Trinajstić information content (AvgIpc) is 3.23. The van der Waals surface area contributed by atoms with E-state index < -0.39 is 68.0 Å². The largest absolute Gasteiger partial charge is 0.394 e. The molecule has 29 heavy (non-hydrogen) atoms. The number of rotatable bonds is 7. The van der Waals surface area contributed by atoms with Crippen LogP contribution >= 0.6 is 0 Å². The molecule has 0 unspecified atom stereocenters. The first-order valence-corrected chi connectivity index (χ1v) is 9.30. The molecule has 3 aliphatic heterocycles. The van der Waals surface area contributed by atoms with Crippen molar-refractivity contribution in [2.24, 2.45) is 0 Å². The van der Waals surface area contributed by atoms with E-state index in [1.165, 1.54) is 0 Å². The molecule has 3 heterocycles. The molecule has 3 saturated heterocycles. The van der Waals surface area contributed by atoms with Gasteiger partial charge in [-0.3, -0.25) is 9.63 Å². The van der Waals surface area contributed by atoms with Gasteiger partial charge in [0.1, 0.15) is 55.9 Å². The number of carbonyl (C=O) groups excluding carboxylic acids is 1. The minimum Gasteiger partial charge on any atom is -0.394 e. The van der Waals surface area contributed by atoms with E-state index in [1.54, 1.807) is 0 Å². The van der Waals surface area contributed by atoms with E-state index in [9.17, 15) is 40.5 Å². The second kappa shape index (κ2) is 9.03. The molecule has 168 valence electrons. The summed E-state index contributed by atoms with van der Waals surface area (Å²) < 4.78 is 16.0. The molecule has 3 aliphatic rings. The topological polar surface area (TPSA) is 199 Å². The van der Waals surface area contributed by atoms with Crippen LogP contribution < -0.4 is 0 Å². The maximum absolute atomic E-state index is 11.6. The zero-order chi connectivity index (χ0) is 21.3. The van der Waals surface area contributed by atoms with Crippen LogP contribution in [0.25, 0.3) is 0 Å². The van der Waals surface area contributed by atoms with Crippen molar-refractivity contribution < 1.29 is 59.6 Å². The number of ether oxygens (including phenoxy) is 3. The van der Waals surface area contributed by atoms with Crippen LogP contribution in [0.1, 0.15) is 12.8 Å². The molecule has 1 amide bonds. The van der Waals surface area contributed by atoms with Crippen molar-refractivity contribution in [3.8, 4) is 0 Å². The highest BCUT2D eigenvalue weighted by Gasteiger charge is 2.58. The Balaban J connectivity index is 1.69. The maximum Gasteiger partial charge on any atom is 0.246 e. The third-order valence-electron chi connectivity index (χ3n) is 5.32. The Morgan fingerprint density at radius 2 is 1.76 bits per heavy atom. The van der Waals surface area contributed by atoms with Gasteiger partial charge >= 0.3 is 0 Å². The van der Waals surface area contributed by atoms with Crippen LogP contribution in [0.5, 0.6) is 0 Å². The highest BCUT2D eigenvalue weighted by atomic mass is 16.8. The lowest BCUT2D eigenvalue weighted by Gasteiger charge is -2.43. The van der Waals surface area contributed by atoms with Crippen LogP contribution in [0.2, 0.25) is 0 Å². The first kappa shape index (κ1) is 22.7. The third kappa shape index (κ3) is 4.26. The molecule has 0 aromatic carbocycles. The van der Waals surface area contributed by atoms with E-state index in [0.717, 1.165) is 5.06 Å². The maximum atomic E-state index is 11.6. The van der Waals surface area contributed by atoms with Crippen molar-refractivity contribution in [2.45, 2.75) is 67.6 Å². The molecule has 13 nitrogen and oxygen atoms in total. The average molecular weight is 425 g/mol. The summed E-state index contributed by atoms with van der Waals surface area (Å²) in [5.74, 6) is -2.49. The van der Waals surface area contributed by atoms with E-state index in [0.29, 0.717) is 19.4 Å². The molecule has 0 bridgehead atoms. The van der Waals surface area contributed by atoms with Gasteiger partial charge in [0, 0.05) is 13.0 Å². The molecule has 3 fully saturated rings. The Morgan fingerprint density at radius 3 is 2.31 bits per heavy atom. The molecule has 0 radical (unpaired) electrons. The summed E-state index contributed by atoms with van der Waals surface area (Å²) in [7, 11) is 0. The van der Waals surface area contributed by atoms with E-state index >= 15 is 0 Å². The summed E-state index contributed by atoms with van der Waals surface area (Å²) in [6, 6.07) is 0. The Kier molecular flexibility index (Phi) is 7.07. The summed E-state index contributed by atoms with van der Waals surface area (Å²) >= 11 is 0. The quantitative estimate of drug-likeness (QED) is 0.206. The van der Waals surface area contributed by atoms with E-state index in [-0.39, 0.29) is 12.5 Å². The molecular formula is C16H27NO12. The number of aliphatic hydroxyl groups excluding tert-OH is 7. The van der Waals surface area contributed by atoms with Gasteiger partial charge in [-0.1, -0.05) is 0 Å². The molecule has 0 saturated carbocycles. The lowest BCUT2D eigenvalue weighted by Crippen LogP contribution is -2.63. The Hall–Kier alpha value is -0.970. The number of aliphatic hydroxyl groups is 7. The Bertz CT molecular complexity index is 580. The van der Waals surface area contributed by atoms with Gasteiger partial charge in [-0.25, -0.2) is 5.06 Å². The second-order valence-corrected chi connectivity index (χ2v) is 7.27. The van der Waals surface area contributed by atoms with Crippen molar-refractivity contribution in [2.75, 3.05) is 26.4 Å². The molecular weight excluding hydrogens is 398 g/mol. The lowest BCUT2D eigenvalue weighted by molar-refractivity contribution is -0.386. The van der Waals surface area contributed by atoms with Crippen molar-refractivity contribution in [3.63, 3.8) is 0 Å². The zero-order valence-electron chi connectivity index (χ0n) is 15.5. The fourth-order valence-corrected chi connectivity index (χ4v) is 3.54. The first-order chi connectivity index (χ1) is 13.7. The highest BCUT2D eigenvalue weighted by molar-refractivity contribution is 5.76. The van der Waals surface area contributed by atoms with Crippen LogP contribution in [0.3, 0.4) is 0 Å². The number of nitrogens with zero attached hydrogens (tertiary/aromatic N) is 1. The van der Waals surface area contributed by atoms with E-state index in [1.807, 2.05) is 0 Å². The van der Waals surface area contributed by atoms with E-state index in [4.69, 9.17) is 19.0 Å². The summed E-state index contributed by atoms with van der Waals surface area (Å²) in [4.78, 5) is 16.9. The van der Waals surface area contributed by atoms with Crippen LogP contribution in [-0.4, -0.2) is 128 Å². The van der Waals surface area contributed by atoms with Gasteiger partial charge < -0.3 is 50.0 Å². The summed E-state index contributed by atoms with van der Waals surface area (Å²) in [6.07, 6.45) is -11.8. The second-order valence-electron chi connectivity index (χ2n) is 7.27. The number of hydrogen-bond donors (Lipinski definition) is 7. The van der Waals surface area contributed by atoms with Gasteiger partial charge in [-0.15, -0.1) is 0 Å². The van der Waals surface area contributed by atoms with Crippen LogP contribution in [0.4, 0.5) is 0 Å². The molecule has 0 spiro atoms. The minimum atomic E-state index is -2.25. The Morgan fingerprint density at radius 1 is 1.03 bits per heavy atom. The smallest absolute Gasteiger partial charge is 0.246 e. The monoisotopic (exact) mass is 425 g/mol. The van der Waals surface area contributed by atoms with Crippen molar-refractivity contribution in [1.82, 2.24) is 5.06 Å². The van der Waals surface area contributed by atoms with Gasteiger partial charge in [0.25, 0.3) is 0 Å². The first-order valence-electron chi connectivity index (χ1n) is 9.30. The van der Waals surface area contributed by atoms with Crippen LogP contribution in [0, 0.1) is 0 Å². The minimum absolute atomic E-state index is 0.241. The molecule has 0 aromatic heterocycles. The van der Waals surface area contributed by atoms with E-state index in [2.05, 4.69) is 0 Å². The van der Waals surface area contributed by atoms with Gasteiger partial charge in [0.2, 0.25) is 11.7 Å². The van der Waals surface area contributed by atoms with Crippen molar-refractivity contribution in [1.29, 1.82) is 0 Å². The highest BCUT2D eigenvalue weighted by Crippen LogP contribution is 2.36. The number of carbonyl (C=O) groups is 1. The lowest BCUT2D eigenvalue weighted by atomic mass is 9.99. The number of amides is 1. The van der Waals surface area contributed by atoms with Gasteiger partial charge in [-0.2, -0.15) is 0 Å².